The number of piperidine rings is 1. The topological polar surface area (TPSA) is 64.7 Å². The van der Waals surface area contributed by atoms with Crippen LogP contribution in [0.2, 0.25) is 0 Å². The number of para-hydroxylation sites is 1. The lowest BCUT2D eigenvalue weighted by atomic mass is 9.98. The average molecular weight is 323 g/mol. The van der Waals surface area contributed by atoms with E-state index in [-0.39, 0.29) is 0 Å². The number of nitrogens with zero attached hydrogens (tertiary/aromatic N) is 7. The first-order valence-corrected chi connectivity index (χ1v) is 8.38. The van der Waals surface area contributed by atoms with Gasteiger partial charge in [-0.15, -0.1) is 0 Å². The molecule has 1 atom stereocenters. The Hall–Kier alpha value is -2.54. The molecule has 0 aliphatic carbocycles. The summed E-state index contributed by atoms with van der Waals surface area (Å²) < 4.78 is 1.93. The standard InChI is InChI=1S/C17H21N7/c1-2-6-17(7-3-1)24-19-9-16(21-24)12-22-8-4-5-15(10-22)11-23-14-18-13-20-23/h1-3,6-7,9,13-15H,4-5,8,10-12H2/t15-/m1/s1. The second-order valence-electron chi connectivity index (χ2n) is 6.32. The highest BCUT2D eigenvalue weighted by Gasteiger charge is 2.21. The molecule has 0 spiro atoms. The molecule has 0 unspecified atom stereocenters. The van der Waals surface area contributed by atoms with Crippen LogP contribution in [0.4, 0.5) is 0 Å². The molecule has 0 bridgehead atoms. The van der Waals surface area contributed by atoms with Crippen molar-refractivity contribution < 1.29 is 0 Å². The van der Waals surface area contributed by atoms with Gasteiger partial charge in [0.25, 0.3) is 0 Å². The fraction of sp³-hybridized carbons (Fsp3) is 0.412. The first-order chi connectivity index (χ1) is 11.9. The molecule has 0 amide bonds. The number of aromatic nitrogens is 6. The molecule has 3 heterocycles. The molecular formula is C17H21N7. The second kappa shape index (κ2) is 6.92. The lowest BCUT2D eigenvalue weighted by Crippen LogP contribution is -2.36. The summed E-state index contributed by atoms with van der Waals surface area (Å²) in [5.41, 5.74) is 2.01. The zero-order chi connectivity index (χ0) is 16.2. The van der Waals surface area contributed by atoms with E-state index in [9.17, 15) is 0 Å². The summed E-state index contributed by atoms with van der Waals surface area (Å²) in [5.74, 6) is 0.615. The largest absolute Gasteiger partial charge is 0.297 e. The molecule has 1 aliphatic heterocycles. The Kier molecular flexibility index (Phi) is 4.33. The quantitative estimate of drug-likeness (QED) is 0.716. The van der Waals surface area contributed by atoms with Crippen LogP contribution in [-0.2, 0) is 13.1 Å². The van der Waals surface area contributed by atoms with E-state index in [1.165, 1.54) is 12.8 Å². The van der Waals surface area contributed by atoms with Crippen LogP contribution < -0.4 is 0 Å². The lowest BCUT2D eigenvalue weighted by molar-refractivity contribution is 0.151. The van der Waals surface area contributed by atoms with Gasteiger partial charge in [-0.1, -0.05) is 18.2 Å². The highest BCUT2D eigenvalue weighted by Crippen LogP contribution is 2.19. The summed E-state index contributed by atoms with van der Waals surface area (Å²) in [6.45, 7) is 3.97. The van der Waals surface area contributed by atoms with E-state index in [1.54, 1.807) is 17.5 Å². The van der Waals surface area contributed by atoms with Gasteiger partial charge in [-0.2, -0.15) is 20.1 Å². The summed E-state index contributed by atoms with van der Waals surface area (Å²) in [5, 5.41) is 13.2. The van der Waals surface area contributed by atoms with Crippen molar-refractivity contribution in [1.82, 2.24) is 34.7 Å². The van der Waals surface area contributed by atoms with Gasteiger partial charge in [0.1, 0.15) is 12.7 Å². The van der Waals surface area contributed by atoms with Gasteiger partial charge in [-0.25, -0.2) is 4.98 Å². The van der Waals surface area contributed by atoms with Crippen LogP contribution in [-0.4, -0.2) is 47.7 Å². The van der Waals surface area contributed by atoms with Crippen molar-refractivity contribution in [2.45, 2.75) is 25.9 Å². The molecule has 7 nitrogen and oxygen atoms in total. The maximum absolute atomic E-state index is 4.61. The maximum Gasteiger partial charge on any atom is 0.137 e. The third-order valence-corrected chi connectivity index (χ3v) is 4.43. The molecule has 2 aromatic heterocycles. The molecule has 4 rings (SSSR count). The minimum absolute atomic E-state index is 0.615. The smallest absolute Gasteiger partial charge is 0.137 e. The van der Waals surface area contributed by atoms with Crippen molar-refractivity contribution in [3.8, 4) is 5.69 Å². The molecule has 124 valence electrons. The number of likely N-dealkylation sites (tertiary alicyclic amines) is 1. The number of benzene rings is 1. The minimum Gasteiger partial charge on any atom is -0.297 e. The number of hydrogen-bond acceptors (Lipinski definition) is 5. The molecule has 3 aromatic rings. The maximum atomic E-state index is 4.61. The van der Waals surface area contributed by atoms with Gasteiger partial charge in [0, 0.05) is 19.6 Å². The molecule has 0 saturated carbocycles. The van der Waals surface area contributed by atoms with Crippen LogP contribution in [0.3, 0.4) is 0 Å². The Labute approximate surface area is 140 Å². The first-order valence-electron chi connectivity index (χ1n) is 8.38. The van der Waals surface area contributed by atoms with Crippen LogP contribution in [0.5, 0.6) is 0 Å². The molecule has 7 heteroatoms. The summed E-state index contributed by atoms with van der Waals surface area (Å²) in [7, 11) is 0. The second-order valence-corrected chi connectivity index (χ2v) is 6.32. The Morgan fingerprint density at radius 2 is 2.04 bits per heavy atom. The van der Waals surface area contributed by atoms with Crippen molar-refractivity contribution >= 4 is 0 Å². The van der Waals surface area contributed by atoms with Crippen LogP contribution in [0.15, 0.2) is 49.2 Å². The van der Waals surface area contributed by atoms with Crippen LogP contribution >= 0.6 is 0 Å². The van der Waals surface area contributed by atoms with Gasteiger partial charge in [-0.05, 0) is 37.4 Å². The van der Waals surface area contributed by atoms with E-state index in [4.69, 9.17) is 0 Å². The molecular weight excluding hydrogens is 302 g/mol. The summed E-state index contributed by atoms with van der Waals surface area (Å²) in [4.78, 5) is 8.19. The summed E-state index contributed by atoms with van der Waals surface area (Å²) >= 11 is 0. The molecule has 1 aliphatic rings. The zero-order valence-electron chi connectivity index (χ0n) is 13.6. The normalized spacial score (nSPS) is 18.8. The van der Waals surface area contributed by atoms with Gasteiger partial charge in [0.2, 0.25) is 0 Å². The van der Waals surface area contributed by atoms with Gasteiger partial charge in [0.05, 0.1) is 17.6 Å². The van der Waals surface area contributed by atoms with Crippen molar-refractivity contribution in [3.05, 3.63) is 54.9 Å². The van der Waals surface area contributed by atoms with Crippen LogP contribution in [0, 0.1) is 5.92 Å². The van der Waals surface area contributed by atoms with Crippen molar-refractivity contribution in [2.24, 2.45) is 5.92 Å². The van der Waals surface area contributed by atoms with Crippen molar-refractivity contribution in [1.29, 1.82) is 0 Å². The third kappa shape index (κ3) is 3.51. The third-order valence-electron chi connectivity index (χ3n) is 4.43. The van der Waals surface area contributed by atoms with E-state index >= 15 is 0 Å². The van der Waals surface area contributed by atoms with Gasteiger partial charge in [-0.3, -0.25) is 9.58 Å². The fourth-order valence-electron chi connectivity index (χ4n) is 3.32. The molecule has 1 aromatic carbocycles. The monoisotopic (exact) mass is 323 g/mol. The molecule has 0 N–H and O–H groups in total. The lowest BCUT2D eigenvalue weighted by Gasteiger charge is -2.31. The Bertz CT molecular complexity index is 750. The van der Waals surface area contributed by atoms with Crippen LogP contribution in [0.25, 0.3) is 5.69 Å². The highest BCUT2D eigenvalue weighted by atomic mass is 15.5. The van der Waals surface area contributed by atoms with Crippen molar-refractivity contribution in [3.63, 3.8) is 0 Å². The molecule has 1 saturated heterocycles. The van der Waals surface area contributed by atoms with Gasteiger partial charge >= 0.3 is 0 Å². The number of rotatable bonds is 5. The Balaban J connectivity index is 1.37. The Morgan fingerprint density at radius 3 is 2.88 bits per heavy atom. The predicted molar refractivity (Wildman–Crippen MR) is 89.4 cm³/mol. The van der Waals surface area contributed by atoms with E-state index in [0.717, 1.165) is 37.6 Å². The molecule has 1 fully saturated rings. The number of hydrogen-bond donors (Lipinski definition) is 0. The Morgan fingerprint density at radius 1 is 1.12 bits per heavy atom. The van der Waals surface area contributed by atoms with Crippen LogP contribution in [0.1, 0.15) is 18.5 Å². The minimum atomic E-state index is 0.615. The highest BCUT2D eigenvalue weighted by molar-refractivity contribution is 5.28. The van der Waals surface area contributed by atoms with E-state index in [1.807, 2.05) is 41.2 Å². The summed E-state index contributed by atoms with van der Waals surface area (Å²) in [6, 6.07) is 10.0. The first kappa shape index (κ1) is 15.0. The summed E-state index contributed by atoms with van der Waals surface area (Å²) in [6.07, 6.45) is 7.72. The zero-order valence-corrected chi connectivity index (χ0v) is 13.6. The van der Waals surface area contributed by atoms with E-state index < -0.39 is 0 Å². The fourth-order valence-corrected chi connectivity index (χ4v) is 3.32. The molecule has 24 heavy (non-hydrogen) atoms. The average Bonchev–Trinajstić information content (AvgIpc) is 3.28. The molecule has 0 radical (unpaired) electrons. The van der Waals surface area contributed by atoms with Crippen molar-refractivity contribution in [2.75, 3.05) is 13.1 Å². The van der Waals surface area contributed by atoms with E-state index in [0.29, 0.717) is 5.92 Å². The van der Waals surface area contributed by atoms with E-state index in [2.05, 4.69) is 25.2 Å². The predicted octanol–water partition coefficient (Wildman–Crippen LogP) is 1.77. The van der Waals surface area contributed by atoms with Gasteiger partial charge in [0.15, 0.2) is 0 Å². The van der Waals surface area contributed by atoms with Gasteiger partial charge < -0.3 is 0 Å². The SMILES string of the molecule is c1ccc(-n2ncc(CN3CCC[C@@H](Cn4cncn4)C3)n2)cc1.